The van der Waals surface area contributed by atoms with Gasteiger partial charge >= 0.3 is 0 Å². The molecular formula is C18H19ClN2O4. The number of carbonyl (C=O) groups is 2. The SMILES string of the molecule is COc1cccc(OC)c1C(=O)NCC(=O)NCc1ccc(Cl)cc1. The highest BCUT2D eigenvalue weighted by Gasteiger charge is 2.18. The molecule has 0 heterocycles. The zero-order valence-electron chi connectivity index (χ0n) is 14.0. The fourth-order valence-electron chi connectivity index (χ4n) is 2.19. The first-order valence-electron chi connectivity index (χ1n) is 7.55. The second kappa shape index (κ2) is 8.94. The van der Waals surface area contributed by atoms with E-state index in [9.17, 15) is 9.59 Å². The van der Waals surface area contributed by atoms with Crippen LogP contribution in [0.15, 0.2) is 42.5 Å². The Bertz CT molecular complexity index is 725. The molecule has 2 amide bonds. The number of amides is 2. The molecule has 132 valence electrons. The van der Waals surface area contributed by atoms with Crippen LogP contribution in [0.2, 0.25) is 5.02 Å². The number of ether oxygens (including phenoxy) is 2. The molecule has 0 fully saturated rings. The number of carbonyl (C=O) groups excluding carboxylic acids is 2. The van der Waals surface area contributed by atoms with E-state index in [2.05, 4.69) is 10.6 Å². The Hall–Kier alpha value is -2.73. The minimum Gasteiger partial charge on any atom is -0.496 e. The first kappa shape index (κ1) is 18.6. The van der Waals surface area contributed by atoms with Gasteiger partial charge in [0.25, 0.3) is 5.91 Å². The molecule has 0 bridgehead atoms. The highest BCUT2D eigenvalue weighted by molar-refractivity contribution is 6.30. The van der Waals surface area contributed by atoms with E-state index in [1.54, 1.807) is 30.3 Å². The maximum Gasteiger partial charge on any atom is 0.259 e. The Labute approximate surface area is 151 Å². The summed E-state index contributed by atoms with van der Waals surface area (Å²) in [7, 11) is 2.93. The van der Waals surface area contributed by atoms with Gasteiger partial charge in [-0.05, 0) is 29.8 Å². The fourth-order valence-corrected chi connectivity index (χ4v) is 2.32. The van der Waals surface area contributed by atoms with Crippen molar-refractivity contribution in [2.24, 2.45) is 0 Å². The Balaban J connectivity index is 1.91. The molecule has 0 aliphatic rings. The van der Waals surface area contributed by atoms with E-state index in [1.165, 1.54) is 14.2 Å². The van der Waals surface area contributed by atoms with Crippen LogP contribution in [-0.4, -0.2) is 32.6 Å². The molecule has 6 nitrogen and oxygen atoms in total. The van der Waals surface area contributed by atoms with Crippen molar-refractivity contribution >= 4 is 23.4 Å². The summed E-state index contributed by atoms with van der Waals surface area (Å²) in [6.07, 6.45) is 0. The average Bonchev–Trinajstić information content (AvgIpc) is 2.64. The second-order valence-electron chi connectivity index (χ2n) is 5.12. The van der Waals surface area contributed by atoms with Crippen LogP contribution in [0.4, 0.5) is 0 Å². The van der Waals surface area contributed by atoms with Crippen molar-refractivity contribution in [3.8, 4) is 11.5 Å². The van der Waals surface area contributed by atoms with E-state index in [0.29, 0.717) is 23.1 Å². The van der Waals surface area contributed by atoms with Gasteiger partial charge in [0.15, 0.2) is 0 Å². The summed E-state index contributed by atoms with van der Waals surface area (Å²) in [4.78, 5) is 24.3. The Morgan fingerprint density at radius 1 is 0.960 bits per heavy atom. The van der Waals surface area contributed by atoms with Crippen molar-refractivity contribution in [1.29, 1.82) is 0 Å². The van der Waals surface area contributed by atoms with Gasteiger partial charge in [-0.1, -0.05) is 29.8 Å². The molecule has 0 aliphatic carbocycles. The molecule has 0 spiro atoms. The average molecular weight is 363 g/mol. The van der Waals surface area contributed by atoms with Crippen molar-refractivity contribution in [3.63, 3.8) is 0 Å². The smallest absolute Gasteiger partial charge is 0.259 e. The molecule has 7 heteroatoms. The number of rotatable bonds is 7. The van der Waals surface area contributed by atoms with Crippen molar-refractivity contribution in [1.82, 2.24) is 10.6 Å². The van der Waals surface area contributed by atoms with Crippen LogP contribution in [0.5, 0.6) is 11.5 Å². The lowest BCUT2D eigenvalue weighted by atomic mass is 10.1. The van der Waals surface area contributed by atoms with E-state index in [0.717, 1.165) is 5.56 Å². The number of hydrogen-bond acceptors (Lipinski definition) is 4. The summed E-state index contributed by atoms with van der Waals surface area (Å²) in [6, 6.07) is 12.2. The van der Waals surface area contributed by atoms with Gasteiger partial charge < -0.3 is 20.1 Å². The fraction of sp³-hybridized carbons (Fsp3) is 0.222. The molecule has 0 aromatic heterocycles. The van der Waals surface area contributed by atoms with Crippen LogP contribution in [0.1, 0.15) is 15.9 Å². The molecule has 25 heavy (non-hydrogen) atoms. The predicted molar refractivity (Wildman–Crippen MR) is 95.2 cm³/mol. The Morgan fingerprint density at radius 2 is 1.56 bits per heavy atom. The molecule has 0 unspecified atom stereocenters. The monoisotopic (exact) mass is 362 g/mol. The van der Waals surface area contributed by atoms with Gasteiger partial charge in [-0.25, -0.2) is 0 Å². The highest BCUT2D eigenvalue weighted by Crippen LogP contribution is 2.27. The normalized spacial score (nSPS) is 10.0. The molecular weight excluding hydrogens is 344 g/mol. The lowest BCUT2D eigenvalue weighted by Gasteiger charge is -2.13. The van der Waals surface area contributed by atoms with Gasteiger partial charge in [0.2, 0.25) is 5.91 Å². The third kappa shape index (κ3) is 5.12. The lowest BCUT2D eigenvalue weighted by Crippen LogP contribution is -2.36. The van der Waals surface area contributed by atoms with Crippen LogP contribution in [0, 0.1) is 0 Å². The summed E-state index contributed by atoms with van der Waals surface area (Å²) >= 11 is 5.81. The molecule has 2 rings (SSSR count). The van der Waals surface area contributed by atoms with Gasteiger partial charge in [-0.3, -0.25) is 9.59 Å². The zero-order valence-corrected chi connectivity index (χ0v) is 14.7. The van der Waals surface area contributed by atoms with Gasteiger partial charge in [0, 0.05) is 11.6 Å². The molecule has 0 saturated heterocycles. The first-order valence-corrected chi connectivity index (χ1v) is 7.93. The molecule has 0 atom stereocenters. The largest absolute Gasteiger partial charge is 0.496 e. The minimum absolute atomic E-state index is 0.159. The van der Waals surface area contributed by atoms with Crippen molar-refractivity contribution < 1.29 is 19.1 Å². The Kier molecular flexibility index (Phi) is 6.65. The minimum atomic E-state index is -0.448. The summed E-state index contributed by atoms with van der Waals surface area (Å²) < 4.78 is 10.4. The topological polar surface area (TPSA) is 76.7 Å². The van der Waals surface area contributed by atoms with E-state index in [1.807, 2.05) is 12.1 Å². The standard InChI is InChI=1S/C18H19ClN2O4/c1-24-14-4-3-5-15(25-2)17(14)18(23)21-11-16(22)20-10-12-6-8-13(19)9-7-12/h3-9H,10-11H2,1-2H3,(H,20,22)(H,21,23). The van der Waals surface area contributed by atoms with Crippen molar-refractivity contribution in [2.45, 2.75) is 6.54 Å². The zero-order chi connectivity index (χ0) is 18.2. The van der Waals surface area contributed by atoms with Crippen LogP contribution < -0.4 is 20.1 Å². The highest BCUT2D eigenvalue weighted by atomic mass is 35.5. The van der Waals surface area contributed by atoms with Crippen LogP contribution >= 0.6 is 11.6 Å². The number of nitrogens with one attached hydrogen (secondary N) is 2. The lowest BCUT2D eigenvalue weighted by molar-refractivity contribution is -0.120. The second-order valence-corrected chi connectivity index (χ2v) is 5.56. The van der Waals surface area contributed by atoms with Gasteiger partial charge in [-0.2, -0.15) is 0 Å². The molecule has 0 aliphatic heterocycles. The summed E-state index contributed by atoms with van der Waals surface area (Å²) in [5.41, 5.74) is 1.16. The van der Waals surface area contributed by atoms with Crippen molar-refractivity contribution in [3.05, 3.63) is 58.6 Å². The van der Waals surface area contributed by atoms with Crippen LogP contribution in [0.25, 0.3) is 0 Å². The third-order valence-corrected chi connectivity index (χ3v) is 3.72. The predicted octanol–water partition coefficient (Wildman–Crippen LogP) is 2.40. The molecule has 0 radical (unpaired) electrons. The van der Waals surface area contributed by atoms with E-state index < -0.39 is 5.91 Å². The summed E-state index contributed by atoms with van der Waals surface area (Å²) in [6.45, 7) is 0.192. The van der Waals surface area contributed by atoms with Gasteiger partial charge in [0.1, 0.15) is 17.1 Å². The quantitative estimate of drug-likeness (QED) is 0.793. The Morgan fingerprint density at radius 3 is 2.12 bits per heavy atom. The number of methoxy groups -OCH3 is 2. The molecule has 2 aromatic carbocycles. The summed E-state index contributed by atoms with van der Waals surface area (Å²) in [5, 5.41) is 5.92. The number of hydrogen-bond donors (Lipinski definition) is 2. The molecule has 2 aromatic rings. The van der Waals surface area contributed by atoms with Gasteiger partial charge in [-0.15, -0.1) is 0 Å². The van der Waals surface area contributed by atoms with Crippen LogP contribution in [0.3, 0.4) is 0 Å². The number of halogens is 1. The molecule has 0 saturated carbocycles. The third-order valence-electron chi connectivity index (χ3n) is 3.47. The van der Waals surface area contributed by atoms with E-state index >= 15 is 0 Å². The molecule has 2 N–H and O–H groups in total. The maximum atomic E-state index is 12.4. The summed E-state index contributed by atoms with van der Waals surface area (Å²) in [5.74, 6) is -0.00930. The number of benzene rings is 2. The van der Waals surface area contributed by atoms with Gasteiger partial charge in [0.05, 0.1) is 20.8 Å². The van der Waals surface area contributed by atoms with Crippen molar-refractivity contribution in [2.75, 3.05) is 20.8 Å². The maximum absolute atomic E-state index is 12.4. The first-order chi connectivity index (χ1) is 12.0. The van der Waals surface area contributed by atoms with E-state index in [-0.39, 0.29) is 18.0 Å². The van der Waals surface area contributed by atoms with E-state index in [4.69, 9.17) is 21.1 Å². The van der Waals surface area contributed by atoms with Crippen LogP contribution in [-0.2, 0) is 11.3 Å².